The number of imidazole rings is 1. The molecule has 0 saturated carbocycles. The molecule has 6 rings (SSSR count). The van der Waals surface area contributed by atoms with Crippen LogP contribution in [0.3, 0.4) is 0 Å². The topological polar surface area (TPSA) is 78.3 Å². The zero-order valence-electron chi connectivity index (χ0n) is 15.9. The van der Waals surface area contributed by atoms with Crippen molar-refractivity contribution in [3.05, 3.63) is 34.7 Å². The largest absolute Gasteiger partial charge is 0.360 e. The highest BCUT2D eigenvalue weighted by atomic mass is 16.5. The Labute approximate surface area is 159 Å². The van der Waals surface area contributed by atoms with E-state index in [1.165, 1.54) is 6.42 Å². The van der Waals surface area contributed by atoms with Gasteiger partial charge in [-0.1, -0.05) is 5.16 Å². The number of hydrogen-bond donors (Lipinski definition) is 1. The van der Waals surface area contributed by atoms with E-state index in [0.29, 0.717) is 11.6 Å². The quantitative estimate of drug-likeness (QED) is 0.898. The summed E-state index contributed by atoms with van der Waals surface area (Å²) in [4.78, 5) is 25.5. The predicted octanol–water partition coefficient (Wildman–Crippen LogP) is 2.32. The van der Waals surface area contributed by atoms with Crippen molar-refractivity contribution in [3.63, 3.8) is 0 Å². The highest BCUT2D eigenvalue weighted by Crippen LogP contribution is 2.32. The van der Waals surface area contributed by atoms with Crippen LogP contribution in [-0.4, -0.2) is 56.5 Å². The van der Waals surface area contributed by atoms with Gasteiger partial charge in [0.2, 0.25) is 0 Å². The lowest BCUT2D eigenvalue weighted by atomic mass is 9.93. The Morgan fingerprint density at radius 3 is 3.00 bits per heavy atom. The first kappa shape index (κ1) is 17.0. The van der Waals surface area contributed by atoms with Crippen molar-refractivity contribution in [2.75, 3.05) is 19.6 Å². The number of rotatable bonds is 3. The molecule has 2 aromatic heterocycles. The van der Waals surface area contributed by atoms with Crippen LogP contribution < -0.4 is 0 Å². The monoisotopic (exact) mass is 369 g/mol. The number of piperidine rings is 1. The van der Waals surface area contributed by atoms with Gasteiger partial charge in [0.05, 0.1) is 12.0 Å². The molecule has 3 aliphatic heterocycles. The molecule has 3 saturated heterocycles. The van der Waals surface area contributed by atoms with E-state index in [9.17, 15) is 4.79 Å². The maximum Gasteiger partial charge on any atom is 0.276 e. The lowest BCUT2D eigenvalue weighted by molar-refractivity contribution is 0.0573. The molecule has 0 spiro atoms. The van der Waals surface area contributed by atoms with Gasteiger partial charge >= 0.3 is 0 Å². The molecule has 4 aliphatic rings. The molecule has 144 valence electrons. The van der Waals surface area contributed by atoms with Gasteiger partial charge in [0.15, 0.2) is 5.69 Å². The summed E-state index contributed by atoms with van der Waals surface area (Å²) in [6.07, 6.45) is 8.13. The fourth-order valence-electron chi connectivity index (χ4n) is 5.00. The number of amides is 1. The first-order chi connectivity index (χ1) is 13.2. The van der Waals surface area contributed by atoms with Crippen molar-refractivity contribution in [2.45, 2.75) is 58.0 Å². The molecule has 7 nitrogen and oxygen atoms in total. The third kappa shape index (κ3) is 3.08. The van der Waals surface area contributed by atoms with Crippen LogP contribution in [0, 0.1) is 12.8 Å². The third-order valence-electron chi connectivity index (χ3n) is 6.51. The zero-order chi connectivity index (χ0) is 18.4. The van der Waals surface area contributed by atoms with Crippen molar-refractivity contribution in [2.24, 2.45) is 5.92 Å². The molecule has 0 unspecified atom stereocenters. The zero-order valence-corrected chi connectivity index (χ0v) is 15.9. The van der Waals surface area contributed by atoms with E-state index in [2.05, 4.69) is 31.8 Å². The normalized spacial score (nSPS) is 25.4. The molecule has 1 aliphatic carbocycles. The summed E-state index contributed by atoms with van der Waals surface area (Å²) in [5.41, 5.74) is 3.89. The molecule has 0 aromatic carbocycles. The number of aromatic amines is 1. The number of H-pyrrole nitrogens is 1. The average Bonchev–Trinajstić information content (AvgIpc) is 3.17. The molecule has 5 heterocycles. The number of carbonyl (C=O) groups excluding carboxylic acids is 1. The van der Waals surface area contributed by atoms with Gasteiger partial charge in [-0.2, -0.15) is 0 Å². The van der Waals surface area contributed by atoms with E-state index >= 15 is 0 Å². The van der Waals surface area contributed by atoms with Gasteiger partial charge in [-0.15, -0.1) is 0 Å². The summed E-state index contributed by atoms with van der Waals surface area (Å²) in [5, 5.41) is 4.18. The number of hydrogen-bond acceptors (Lipinski definition) is 5. The summed E-state index contributed by atoms with van der Waals surface area (Å²) < 4.78 is 5.50. The fraction of sp³-hybridized carbons (Fsp3) is 0.650. The van der Waals surface area contributed by atoms with Gasteiger partial charge in [-0.3, -0.25) is 9.69 Å². The number of aryl methyl sites for hydroxylation is 2. The van der Waals surface area contributed by atoms with Crippen LogP contribution in [-0.2, 0) is 19.4 Å². The van der Waals surface area contributed by atoms with Crippen LogP contribution in [0.4, 0.5) is 0 Å². The van der Waals surface area contributed by atoms with Crippen LogP contribution in [0.1, 0.15) is 58.9 Å². The number of carbonyl (C=O) groups is 1. The minimum absolute atomic E-state index is 0.0781. The molecule has 7 heteroatoms. The molecule has 27 heavy (non-hydrogen) atoms. The van der Waals surface area contributed by atoms with E-state index in [1.807, 2.05) is 0 Å². The Bertz CT molecular complexity index is 841. The second-order valence-electron chi connectivity index (χ2n) is 8.36. The first-order valence-corrected chi connectivity index (χ1v) is 10.2. The summed E-state index contributed by atoms with van der Waals surface area (Å²) in [6, 6.07) is 0.256. The molecule has 2 atom stereocenters. The van der Waals surface area contributed by atoms with Crippen LogP contribution in [0.15, 0.2) is 10.9 Å². The summed E-state index contributed by atoms with van der Waals surface area (Å²) >= 11 is 0. The smallest absolute Gasteiger partial charge is 0.276 e. The minimum atomic E-state index is 0.0781. The Morgan fingerprint density at radius 2 is 2.15 bits per heavy atom. The maximum absolute atomic E-state index is 13.3. The van der Waals surface area contributed by atoms with Crippen LogP contribution >= 0.6 is 0 Å². The highest BCUT2D eigenvalue weighted by Gasteiger charge is 2.39. The van der Waals surface area contributed by atoms with E-state index in [4.69, 9.17) is 4.52 Å². The van der Waals surface area contributed by atoms with Crippen molar-refractivity contribution in [1.82, 2.24) is 24.9 Å². The van der Waals surface area contributed by atoms with Crippen molar-refractivity contribution in [3.8, 4) is 0 Å². The van der Waals surface area contributed by atoms with Gasteiger partial charge in [-0.05, 0) is 44.9 Å². The minimum Gasteiger partial charge on any atom is -0.360 e. The molecular weight excluding hydrogens is 342 g/mol. The molecule has 2 bridgehead atoms. The number of aromatic nitrogens is 3. The summed E-state index contributed by atoms with van der Waals surface area (Å²) in [5.74, 6) is 1.53. The molecule has 2 aromatic rings. The van der Waals surface area contributed by atoms with Gasteiger partial charge in [0, 0.05) is 49.9 Å². The van der Waals surface area contributed by atoms with E-state index in [1.54, 1.807) is 6.33 Å². The lowest BCUT2D eigenvalue weighted by Gasteiger charge is -2.36. The van der Waals surface area contributed by atoms with Gasteiger partial charge in [0.1, 0.15) is 5.76 Å². The lowest BCUT2D eigenvalue weighted by Crippen LogP contribution is -2.47. The molecular formula is C20H27N5O2. The van der Waals surface area contributed by atoms with Crippen molar-refractivity contribution >= 4 is 5.91 Å². The van der Waals surface area contributed by atoms with E-state index in [0.717, 1.165) is 81.0 Å². The maximum atomic E-state index is 13.3. The number of nitrogens with one attached hydrogen (secondary N) is 1. The van der Waals surface area contributed by atoms with Gasteiger partial charge < -0.3 is 14.4 Å². The Balaban J connectivity index is 1.35. The van der Waals surface area contributed by atoms with Gasteiger partial charge in [0.25, 0.3) is 5.91 Å². The fourth-order valence-corrected chi connectivity index (χ4v) is 5.00. The van der Waals surface area contributed by atoms with Crippen molar-refractivity contribution < 1.29 is 9.32 Å². The van der Waals surface area contributed by atoms with Crippen LogP contribution in [0.25, 0.3) is 0 Å². The van der Waals surface area contributed by atoms with Crippen molar-refractivity contribution in [1.29, 1.82) is 0 Å². The van der Waals surface area contributed by atoms with E-state index < -0.39 is 0 Å². The highest BCUT2D eigenvalue weighted by molar-refractivity contribution is 5.94. The van der Waals surface area contributed by atoms with E-state index in [-0.39, 0.29) is 11.9 Å². The summed E-state index contributed by atoms with van der Waals surface area (Å²) in [6.45, 7) is 5.70. The first-order valence-electron chi connectivity index (χ1n) is 10.2. The average molecular weight is 369 g/mol. The second-order valence-corrected chi connectivity index (χ2v) is 8.36. The molecule has 1 N–H and O–H groups in total. The number of nitrogens with zero attached hydrogens (tertiary/aromatic N) is 4. The molecule has 3 fully saturated rings. The Hall–Kier alpha value is -2.15. The Kier molecular flexibility index (Phi) is 4.27. The predicted molar refractivity (Wildman–Crippen MR) is 99.3 cm³/mol. The Morgan fingerprint density at radius 1 is 1.26 bits per heavy atom. The SMILES string of the molecule is Cc1[nH]cnc1CN1C[C@@H]2CC[C@H](C1)N(C(=O)c1noc3c1CCCC3)C2. The van der Waals surface area contributed by atoms with Gasteiger partial charge in [-0.25, -0.2) is 4.98 Å². The molecule has 1 amide bonds. The third-order valence-corrected chi connectivity index (χ3v) is 6.51. The van der Waals surface area contributed by atoms with Crippen LogP contribution in [0.5, 0.6) is 0 Å². The number of fused-ring (bicyclic) bond motifs is 5. The van der Waals surface area contributed by atoms with Crippen LogP contribution in [0.2, 0.25) is 0 Å². The summed E-state index contributed by atoms with van der Waals surface area (Å²) in [7, 11) is 0. The second kappa shape index (κ2) is 6.78. The molecule has 0 radical (unpaired) electrons. The standard InChI is InChI=1S/C20H27N5O2/c1-13-17(22-12-21-13)11-24-8-14-6-7-15(10-24)25(9-14)20(26)19-16-4-2-3-5-18(16)27-23-19/h12,14-15H,2-11H2,1H3,(H,21,22)/t14-,15+/m0/s1.